The van der Waals surface area contributed by atoms with Crippen LogP contribution in [0.1, 0.15) is 59.3 Å². The molecule has 0 aromatic heterocycles. The lowest BCUT2D eigenvalue weighted by Gasteiger charge is -2.17. The van der Waals surface area contributed by atoms with Crippen LogP contribution in [0.4, 0.5) is 0 Å². The second-order valence-electron chi connectivity index (χ2n) is 5.89. The number of rotatable bonds is 10. The van der Waals surface area contributed by atoms with Gasteiger partial charge in [-0.25, -0.2) is 0 Å². The summed E-state index contributed by atoms with van der Waals surface area (Å²) >= 11 is 0. The lowest BCUT2D eigenvalue weighted by Crippen LogP contribution is -2.17. The zero-order valence-electron chi connectivity index (χ0n) is 13.4. The van der Waals surface area contributed by atoms with E-state index in [1.807, 2.05) is 0 Å². The van der Waals surface area contributed by atoms with E-state index in [1.165, 1.54) is 24.8 Å². The Kier molecular flexibility index (Phi) is 8.52. The van der Waals surface area contributed by atoms with Crippen LogP contribution in [0.2, 0.25) is 0 Å². The first-order valence-electron chi connectivity index (χ1n) is 8.10. The van der Waals surface area contributed by atoms with Gasteiger partial charge in [0.25, 0.3) is 0 Å². The van der Waals surface area contributed by atoms with Crippen molar-refractivity contribution in [1.82, 2.24) is 0 Å². The molecule has 2 unspecified atom stereocenters. The summed E-state index contributed by atoms with van der Waals surface area (Å²) in [7, 11) is 0. The minimum atomic E-state index is 0.259. The van der Waals surface area contributed by atoms with E-state index in [0.717, 1.165) is 12.8 Å². The molecule has 0 bridgehead atoms. The van der Waals surface area contributed by atoms with Crippen LogP contribution in [-0.2, 0) is 9.53 Å². The Morgan fingerprint density at radius 2 is 2.25 bits per heavy atom. The highest BCUT2D eigenvalue weighted by atomic mass is 16.5. The SMILES string of the molecule is CCCCC(CC)CC(=O)COCC1C=CCC=C1C. The van der Waals surface area contributed by atoms with E-state index in [-0.39, 0.29) is 12.4 Å². The fraction of sp³-hybridized carbons (Fsp3) is 0.722. The monoisotopic (exact) mass is 278 g/mol. The van der Waals surface area contributed by atoms with E-state index in [2.05, 4.69) is 39.0 Å². The molecule has 0 fully saturated rings. The molecule has 0 saturated heterocycles. The molecule has 0 N–H and O–H groups in total. The summed E-state index contributed by atoms with van der Waals surface area (Å²) in [4.78, 5) is 11.9. The fourth-order valence-electron chi connectivity index (χ4n) is 2.61. The van der Waals surface area contributed by atoms with Crippen molar-refractivity contribution in [3.05, 3.63) is 23.8 Å². The van der Waals surface area contributed by atoms with Crippen LogP contribution in [-0.4, -0.2) is 19.0 Å². The minimum absolute atomic E-state index is 0.259. The number of hydrogen-bond donors (Lipinski definition) is 0. The van der Waals surface area contributed by atoms with Gasteiger partial charge in [-0.2, -0.15) is 0 Å². The zero-order chi connectivity index (χ0) is 14.8. The van der Waals surface area contributed by atoms with Crippen LogP contribution in [0, 0.1) is 11.8 Å². The number of ketones is 1. The van der Waals surface area contributed by atoms with Crippen LogP contribution in [0.5, 0.6) is 0 Å². The first-order chi connectivity index (χ1) is 9.67. The maximum atomic E-state index is 11.9. The largest absolute Gasteiger partial charge is 0.373 e. The van der Waals surface area contributed by atoms with E-state index in [0.29, 0.717) is 24.9 Å². The third kappa shape index (κ3) is 6.51. The molecule has 0 radical (unpaired) electrons. The molecule has 0 aromatic carbocycles. The highest BCUT2D eigenvalue weighted by molar-refractivity contribution is 5.79. The second kappa shape index (κ2) is 9.93. The molecule has 0 aromatic rings. The predicted molar refractivity (Wildman–Crippen MR) is 84.8 cm³/mol. The number of allylic oxidation sites excluding steroid dienone is 2. The van der Waals surface area contributed by atoms with Gasteiger partial charge in [0, 0.05) is 12.3 Å². The average molecular weight is 278 g/mol. The van der Waals surface area contributed by atoms with Crippen LogP contribution >= 0.6 is 0 Å². The molecule has 2 atom stereocenters. The normalized spacial score (nSPS) is 19.8. The number of hydrogen-bond acceptors (Lipinski definition) is 2. The van der Waals surface area contributed by atoms with Gasteiger partial charge in [0.2, 0.25) is 0 Å². The molecule has 114 valence electrons. The Balaban J connectivity index is 2.20. The molecule has 0 heterocycles. The Morgan fingerprint density at radius 3 is 2.90 bits per heavy atom. The predicted octanol–water partition coefficient (Wildman–Crippen LogP) is 4.70. The molecule has 1 aliphatic rings. The van der Waals surface area contributed by atoms with Crippen molar-refractivity contribution in [3.8, 4) is 0 Å². The van der Waals surface area contributed by atoms with Crippen LogP contribution in [0.25, 0.3) is 0 Å². The first-order valence-corrected chi connectivity index (χ1v) is 8.10. The molecule has 2 nitrogen and oxygen atoms in total. The molecule has 0 aliphatic heterocycles. The Hall–Kier alpha value is -0.890. The summed E-state index contributed by atoms with van der Waals surface area (Å²) in [6.07, 6.45) is 13.0. The van der Waals surface area contributed by atoms with Crippen molar-refractivity contribution in [2.24, 2.45) is 11.8 Å². The van der Waals surface area contributed by atoms with Gasteiger partial charge in [-0.1, -0.05) is 63.3 Å². The smallest absolute Gasteiger partial charge is 0.158 e. The third-order valence-electron chi connectivity index (χ3n) is 4.15. The van der Waals surface area contributed by atoms with Gasteiger partial charge in [-0.15, -0.1) is 0 Å². The molecule has 0 amide bonds. The van der Waals surface area contributed by atoms with E-state index >= 15 is 0 Å². The number of unbranched alkanes of at least 4 members (excludes halogenated alkanes) is 1. The van der Waals surface area contributed by atoms with Crippen molar-refractivity contribution in [3.63, 3.8) is 0 Å². The minimum Gasteiger partial charge on any atom is -0.373 e. The molecule has 20 heavy (non-hydrogen) atoms. The van der Waals surface area contributed by atoms with Crippen LogP contribution < -0.4 is 0 Å². The van der Waals surface area contributed by atoms with Crippen molar-refractivity contribution in [2.45, 2.75) is 59.3 Å². The van der Waals surface area contributed by atoms with Crippen molar-refractivity contribution < 1.29 is 9.53 Å². The number of ether oxygens (including phenoxy) is 1. The quantitative estimate of drug-likeness (QED) is 0.541. The molecule has 1 rings (SSSR count). The maximum absolute atomic E-state index is 11.9. The van der Waals surface area contributed by atoms with Crippen LogP contribution in [0.15, 0.2) is 23.8 Å². The van der Waals surface area contributed by atoms with Gasteiger partial charge in [-0.3, -0.25) is 4.79 Å². The first kappa shape index (κ1) is 17.2. The molecular formula is C18H30O2. The molecule has 0 spiro atoms. The molecule has 1 aliphatic carbocycles. The lowest BCUT2D eigenvalue weighted by molar-refractivity contribution is -0.124. The highest BCUT2D eigenvalue weighted by Crippen LogP contribution is 2.19. The summed E-state index contributed by atoms with van der Waals surface area (Å²) < 4.78 is 5.61. The van der Waals surface area contributed by atoms with Gasteiger partial charge >= 0.3 is 0 Å². The van der Waals surface area contributed by atoms with Gasteiger partial charge in [-0.05, 0) is 19.3 Å². The fourth-order valence-corrected chi connectivity index (χ4v) is 2.61. The number of carbonyl (C=O) groups is 1. The highest BCUT2D eigenvalue weighted by Gasteiger charge is 2.14. The maximum Gasteiger partial charge on any atom is 0.158 e. The number of Topliss-reactive ketones (excluding diaryl/α,β-unsaturated/α-hetero) is 1. The van der Waals surface area contributed by atoms with Crippen LogP contribution in [0.3, 0.4) is 0 Å². The van der Waals surface area contributed by atoms with E-state index in [1.54, 1.807) is 0 Å². The Bertz CT molecular complexity index is 341. The Labute approximate surface area is 124 Å². The Morgan fingerprint density at radius 1 is 1.45 bits per heavy atom. The number of carbonyl (C=O) groups excluding carboxylic acids is 1. The summed E-state index contributed by atoms with van der Waals surface area (Å²) in [5, 5.41) is 0. The zero-order valence-corrected chi connectivity index (χ0v) is 13.4. The topological polar surface area (TPSA) is 26.3 Å². The summed E-state index contributed by atoms with van der Waals surface area (Å²) in [6, 6.07) is 0. The summed E-state index contributed by atoms with van der Waals surface area (Å²) in [6.45, 7) is 7.43. The second-order valence-corrected chi connectivity index (χ2v) is 5.89. The van der Waals surface area contributed by atoms with Gasteiger partial charge in [0.05, 0.1) is 6.61 Å². The van der Waals surface area contributed by atoms with E-state index in [4.69, 9.17) is 4.74 Å². The van der Waals surface area contributed by atoms with E-state index in [9.17, 15) is 4.79 Å². The van der Waals surface area contributed by atoms with Crippen molar-refractivity contribution in [1.29, 1.82) is 0 Å². The molecule has 0 saturated carbocycles. The summed E-state index contributed by atoms with van der Waals surface area (Å²) in [5.74, 6) is 1.16. The van der Waals surface area contributed by atoms with Gasteiger partial charge in [0.15, 0.2) is 5.78 Å². The van der Waals surface area contributed by atoms with Gasteiger partial charge in [0.1, 0.15) is 6.61 Å². The summed E-state index contributed by atoms with van der Waals surface area (Å²) in [5.41, 5.74) is 1.36. The van der Waals surface area contributed by atoms with Crippen molar-refractivity contribution >= 4 is 5.78 Å². The third-order valence-corrected chi connectivity index (χ3v) is 4.15. The average Bonchev–Trinajstić information content (AvgIpc) is 2.45. The van der Waals surface area contributed by atoms with Gasteiger partial charge < -0.3 is 4.74 Å². The standard InChI is InChI=1S/C18H30O2/c1-4-6-10-16(5-2)12-18(19)14-20-13-17-11-8-7-9-15(17)3/h8-9,11,16-17H,4-7,10,12-14H2,1-3H3. The lowest BCUT2D eigenvalue weighted by atomic mass is 9.94. The van der Waals surface area contributed by atoms with Crippen molar-refractivity contribution in [2.75, 3.05) is 13.2 Å². The molecule has 2 heteroatoms. The van der Waals surface area contributed by atoms with E-state index < -0.39 is 0 Å². The molecular weight excluding hydrogens is 248 g/mol.